The van der Waals surface area contributed by atoms with E-state index >= 15 is 0 Å². The Morgan fingerprint density at radius 1 is 1.32 bits per heavy atom. The van der Waals surface area contributed by atoms with E-state index in [4.69, 9.17) is 4.74 Å². The molecule has 1 amide bonds. The molecule has 1 heterocycles. The first-order valence-electron chi connectivity index (χ1n) is 7.27. The van der Waals surface area contributed by atoms with Gasteiger partial charge in [-0.05, 0) is 19.1 Å². The maximum atomic E-state index is 12.7. The van der Waals surface area contributed by atoms with Gasteiger partial charge in [0.15, 0.2) is 5.16 Å². The molecule has 2 rings (SSSR count). The van der Waals surface area contributed by atoms with E-state index in [0.29, 0.717) is 5.75 Å². The summed E-state index contributed by atoms with van der Waals surface area (Å²) >= 11 is 0.862. The Morgan fingerprint density at radius 3 is 2.72 bits per heavy atom. The molecule has 1 atom stereocenters. The summed E-state index contributed by atoms with van der Waals surface area (Å²) in [5, 5.41) is 1.96. The Kier molecular flexibility index (Phi) is 6.24. The molecule has 1 N–H and O–H groups in total. The Bertz CT molecular complexity index is 741. The maximum absolute atomic E-state index is 12.7. The van der Waals surface area contributed by atoms with Crippen LogP contribution >= 0.6 is 11.8 Å². The number of thioether (sulfide) groups is 1. The van der Waals surface area contributed by atoms with Crippen LogP contribution in [-0.4, -0.2) is 28.2 Å². The lowest BCUT2D eigenvalue weighted by molar-refractivity contribution is -0.141. The van der Waals surface area contributed by atoms with Crippen molar-refractivity contribution in [2.45, 2.75) is 30.1 Å². The van der Waals surface area contributed by atoms with E-state index in [-0.39, 0.29) is 17.6 Å². The number of rotatable bonds is 6. The Hall–Kier alpha value is -2.29. The third-order valence-electron chi connectivity index (χ3n) is 3.22. The molecule has 2 aromatic rings. The number of nitrogens with zero attached hydrogens (tertiary/aromatic N) is 2. The van der Waals surface area contributed by atoms with E-state index in [9.17, 15) is 18.0 Å². The Labute approximate surface area is 147 Å². The van der Waals surface area contributed by atoms with Crippen LogP contribution in [-0.2, 0) is 17.5 Å². The van der Waals surface area contributed by atoms with Crippen molar-refractivity contribution in [3.63, 3.8) is 0 Å². The topological polar surface area (TPSA) is 64.1 Å². The van der Waals surface area contributed by atoms with Crippen molar-refractivity contribution in [2.75, 3.05) is 7.11 Å². The molecule has 134 valence electrons. The zero-order valence-electron chi connectivity index (χ0n) is 13.5. The summed E-state index contributed by atoms with van der Waals surface area (Å²) < 4.78 is 43.2. The van der Waals surface area contributed by atoms with Crippen LogP contribution < -0.4 is 10.1 Å². The highest BCUT2D eigenvalue weighted by molar-refractivity contribution is 8.00. The average molecular weight is 371 g/mol. The number of carbonyl (C=O) groups excluding carboxylic acids is 1. The van der Waals surface area contributed by atoms with Crippen LogP contribution in [0.15, 0.2) is 41.7 Å². The van der Waals surface area contributed by atoms with Gasteiger partial charge in [-0.2, -0.15) is 13.2 Å². The van der Waals surface area contributed by atoms with Crippen molar-refractivity contribution in [1.82, 2.24) is 15.3 Å². The molecule has 0 saturated heterocycles. The van der Waals surface area contributed by atoms with Gasteiger partial charge in [0.05, 0.1) is 12.4 Å². The second kappa shape index (κ2) is 8.19. The van der Waals surface area contributed by atoms with E-state index in [1.165, 1.54) is 7.11 Å². The van der Waals surface area contributed by atoms with Crippen molar-refractivity contribution in [3.05, 3.63) is 47.8 Å². The lowest BCUT2D eigenvalue weighted by atomic mass is 10.2. The molecule has 0 fully saturated rings. The molecule has 0 aliphatic heterocycles. The number of para-hydroxylation sites is 1. The molecule has 9 heteroatoms. The van der Waals surface area contributed by atoms with E-state index < -0.39 is 17.1 Å². The molecule has 0 spiro atoms. The van der Waals surface area contributed by atoms with Crippen LogP contribution in [0.3, 0.4) is 0 Å². The number of hydrogen-bond donors (Lipinski definition) is 1. The minimum atomic E-state index is -4.55. The first-order valence-corrected chi connectivity index (χ1v) is 8.15. The monoisotopic (exact) mass is 371 g/mol. The molecule has 0 aliphatic carbocycles. The maximum Gasteiger partial charge on any atom is 0.433 e. The van der Waals surface area contributed by atoms with E-state index in [2.05, 4.69) is 15.3 Å². The highest BCUT2D eigenvalue weighted by atomic mass is 32.2. The fourth-order valence-corrected chi connectivity index (χ4v) is 2.72. The fraction of sp³-hybridized carbons (Fsp3) is 0.312. The second-order valence-electron chi connectivity index (χ2n) is 5.01. The SMILES string of the molecule is COc1ccccc1CNC(=O)C(C)Sc1nccc(C(F)(F)F)n1. The number of carbonyl (C=O) groups is 1. The van der Waals surface area contributed by atoms with Crippen LogP contribution in [0.25, 0.3) is 0 Å². The average Bonchev–Trinajstić information content (AvgIpc) is 2.59. The number of ether oxygens (including phenoxy) is 1. The normalized spacial score (nSPS) is 12.5. The third-order valence-corrected chi connectivity index (χ3v) is 4.20. The van der Waals surface area contributed by atoms with Gasteiger partial charge in [0.25, 0.3) is 0 Å². The lowest BCUT2D eigenvalue weighted by Gasteiger charge is -2.13. The van der Waals surface area contributed by atoms with Crippen molar-refractivity contribution in [1.29, 1.82) is 0 Å². The molecule has 0 aliphatic rings. The molecule has 1 aromatic heterocycles. The molecular weight excluding hydrogens is 355 g/mol. The van der Waals surface area contributed by atoms with E-state index in [1.54, 1.807) is 13.0 Å². The molecule has 1 unspecified atom stereocenters. The first-order chi connectivity index (χ1) is 11.8. The fourth-order valence-electron chi connectivity index (χ4n) is 1.94. The number of alkyl halides is 3. The summed E-state index contributed by atoms with van der Waals surface area (Å²) in [5.41, 5.74) is -0.238. The highest BCUT2D eigenvalue weighted by Crippen LogP contribution is 2.29. The molecule has 0 saturated carbocycles. The Morgan fingerprint density at radius 2 is 2.04 bits per heavy atom. The zero-order chi connectivity index (χ0) is 18.4. The minimum Gasteiger partial charge on any atom is -0.496 e. The van der Waals surface area contributed by atoms with Crippen LogP contribution in [0.4, 0.5) is 13.2 Å². The molecule has 0 radical (unpaired) electrons. The van der Waals surface area contributed by atoms with Crippen molar-refractivity contribution >= 4 is 17.7 Å². The highest BCUT2D eigenvalue weighted by Gasteiger charge is 2.33. The van der Waals surface area contributed by atoms with Gasteiger partial charge in [-0.3, -0.25) is 4.79 Å². The van der Waals surface area contributed by atoms with E-state index in [0.717, 1.165) is 29.6 Å². The summed E-state index contributed by atoms with van der Waals surface area (Å²) in [7, 11) is 1.53. The summed E-state index contributed by atoms with van der Waals surface area (Å²) in [5.74, 6) is 0.307. The molecule has 25 heavy (non-hydrogen) atoms. The van der Waals surface area contributed by atoms with Crippen LogP contribution in [0.1, 0.15) is 18.2 Å². The third kappa shape index (κ3) is 5.35. The number of methoxy groups -OCH3 is 1. The number of hydrogen-bond acceptors (Lipinski definition) is 5. The number of halogens is 3. The smallest absolute Gasteiger partial charge is 0.433 e. The number of aromatic nitrogens is 2. The van der Waals surface area contributed by atoms with E-state index in [1.807, 2.05) is 18.2 Å². The zero-order valence-corrected chi connectivity index (χ0v) is 14.3. The van der Waals surface area contributed by atoms with Gasteiger partial charge < -0.3 is 10.1 Å². The molecule has 0 bridgehead atoms. The van der Waals surface area contributed by atoms with Gasteiger partial charge in [0, 0.05) is 18.3 Å². The van der Waals surface area contributed by atoms with Gasteiger partial charge in [-0.1, -0.05) is 30.0 Å². The summed E-state index contributed by atoms with van der Waals surface area (Å²) in [4.78, 5) is 19.4. The second-order valence-corrected chi connectivity index (χ2v) is 6.32. The standard InChI is InChI=1S/C16H16F3N3O2S/c1-10(25-15-20-8-7-13(22-15)16(17,18)19)14(23)21-9-11-5-3-4-6-12(11)24-2/h3-8,10H,9H2,1-2H3,(H,21,23). The summed E-state index contributed by atoms with van der Waals surface area (Å²) in [6, 6.07) is 8.01. The van der Waals surface area contributed by atoms with Crippen LogP contribution in [0.2, 0.25) is 0 Å². The predicted molar refractivity (Wildman–Crippen MR) is 87.2 cm³/mol. The Balaban J connectivity index is 1.96. The van der Waals surface area contributed by atoms with Crippen LogP contribution in [0, 0.1) is 0 Å². The molecular formula is C16H16F3N3O2S. The minimum absolute atomic E-state index is 0.102. The number of nitrogens with one attached hydrogen (secondary N) is 1. The van der Waals surface area contributed by atoms with Gasteiger partial charge >= 0.3 is 6.18 Å². The van der Waals surface area contributed by atoms with Gasteiger partial charge in [-0.15, -0.1) is 0 Å². The van der Waals surface area contributed by atoms with Crippen molar-refractivity contribution < 1.29 is 22.7 Å². The number of amides is 1. The summed E-state index contributed by atoms with van der Waals surface area (Å²) in [6.07, 6.45) is -3.52. The lowest BCUT2D eigenvalue weighted by Crippen LogP contribution is -2.30. The quantitative estimate of drug-likeness (QED) is 0.624. The van der Waals surface area contributed by atoms with Crippen LogP contribution in [0.5, 0.6) is 5.75 Å². The molecule has 1 aromatic carbocycles. The molecule has 5 nitrogen and oxygen atoms in total. The van der Waals surface area contributed by atoms with Crippen molar-refractivity contribution in [2.24, 2.45) is 0 Å². The van der Waals surface area contributed by atoms with Gasteiger partial charge in [0.1, 0.15) is 11.4 Å². The van der Waals surface area contributed by atoms with Gasteiger partial charge in [0.2, 0.25) is 5.91 Å². The predicted octanol–water partition coefficient (Wildman–Crippen LogP) is 3.30. The summed E-state index contributed by atoms with van der Waals surface area (Å²) in [6.45, 7) is 1.82. The first kappa shape index (κ1) is 19.0. The largest absolute Gasteiger partial charge is 0.496 e. The van der Waals surface area contributed by atoms with Crippen molar-refractivity contribution in [3.8, 4) is 5.75 Å². The number of benzene rings is 1. The van der Waals surface area contributed by atoms with Gasteiger partial charge in [-0.25, -0.2) is 9.97 Å².